The predicted molar refractivity (Wildman–Crippen MR) is 108 cm³/mol. The number of aliphatic hydroxyl groups is 1. The highest BCUT2D eigenvalue weighted by atomic mass is 16.5. The molecule has 2 aliphatic rings. The molecule has 2 aliphatic carbocycles. The van der Waals surface area contributed by atoms with Crippen LogP contribution in [0.3, 0.4) is 0 Å². The molecule has 0 aromatic rings. The number of rotatable bonds is 10. The summed E-state index contributed by atoms with van der Waals surface area (Å²) in [6.45, 7) is 6.65. The molecule has 0 heterocycles. The minimum absolute atomic E-state index is 0.0639. The lowest BCUT2D eigenvalue weighted by atomic mass is 9.72. The zero-order chi connectivity index (χ0) is 19.5. The molecule has 0 aliphatic heterocycles. The number of alkyl carbamates (subject to hydrolysis) is 1. The molecule has 156 valence electrons. The maximum Gasteiger partial charge on any atom is 0.407 e. The van der Waals surface area contributed by atoms with Crippen molar-refractivity contribution >= 4 is 12.1 Å². The standard InChI is InChI=1S/C20H38N4O3/c1-3-21-18(23-15-20(12-13-25)10-6-5-7-11-20)22-14-17(16-8-9-16)24-19(26)27-4-2/h16-17,25H,3-15H2,1-2H3,(H,24,26)(H2,21,22,23). The van der Waals surface area contributed by atoms with Crippen LogP contribution in [0.1, 0.15) is 65.2 Å². The highest BCUT2D eigenvalue weighted by Gasteiger charge is 2.33. The molecule has 0 aromatic heterocycles. The number of carbonyl (C=O) groups is 1. The number of nitrogens with zero attached hydrogens (tertiary/aromatic N) is 1. The summed E-state index contributed by atoms with van der Waals surface area (Å²) in [7, 11) is 0. The van der Waals surface area contributed by atoms with Gasteiger partial charge in [0, 0.05) is 26.2 Å². The Labute approximate surface area is 163 Å². The van der Waals surface area contributed by atoms with Crippen molar-refractivity contribution < 1.29 is 14.6 Å². The molecular weight excluding hydrogens is 344 g/mol. The van der Waals surface area contributed by atoms with Crippen molar-refractivity contribution in [1.29, 1.82) is 0 Å². The van der Waals surface area contributed by atoms with Gasteiger partial charge in [-0.1, -0.05) is 19.3 Å². The highest BCUT2D eigenvalue weighted by Crippen LogP contribution is 2.39. The Morgan fingerprint density at radius 2 is 1.96 bits per heavy atom. The van der Waals surface area contributed by atoms with Crippen LogP contribution in [0.4, 0.5) is 4.79 Å². The van der Waals surface area contributed by atoms with E-state index in [2.05, 4.69) is 22.9 Å². The first-order valence-corrected chi connectivity index (χ1v) is 10.7. The third-order valence-electron chi connectivity index (χ3n) is 5.73. The topological polar surface area (TPSA) is 95.0 Å². The van der Waals surface area contributed by atoms with Gasteiger partial charge in [-0.25, -0.2) is 4.79 Å². The molecule has 0 aromatic carbocycles. The number of hydrogen-bond acceptors (Lipinski definition) is 4. The van der Waals surface area contributed by atoms with Crippen LogP contribution in [0.25, 0.3) is 0 Å². The summed E-state index contributed by atoms with van der Waals surface area (Å²) in [6, 6.07) is 0.0639. The first kappa shape index (κ1) is 21.8. The minimum atomic E-state index is -0.345. The number of nitrogens with one attached hydrogen (secondary N) is 3. The van der Waals surface area contributed by atoms with Gasteiger partial charge in [0.1, 0.15) is 0 Å². The fraction of sp³-hybridized carbons (Fsp3) is 0.900. The number of aliphatic hydroxyl groups excluding tert-OH is 1. The summed E-state index contributed by atoms with van der Waals surface area (Å²) in [5, 5.41) is 19.2. The van der Waals surface area contributed by atoms with E-state index in [-0.39, 0.29) is 24.2 Å². The Balaban J connectivity index is 1.92. The lowest BCUT2D eigenvalue weighted by Gasteiger charge is -2.35. The smallest absolute Gasteiger partial charge is 0.407 e. The molecule has 2 saturated carbocycles. The van der Waals surface area contributed by atoms with Gasteiger partial charge in [-0.05, 0) is 57.3 Å². The molecule has 0 spiro atoms. The molecule has 2 rings (SSSR count). The Morgan fingerprint density at radius 3 is 2.56 bits per heavy atom. The molecule has 1 amide bonds. The molecular formula is C20H38N4O3. The largest absolute Gasteiger partial charge is 0.450 e. The molecule has 1 unspecified atom stereocenters. The Bertz CT molecular complexity index is 468. The zero-order valence-electron chi connectivity index (χ0n) is 17.1. The van der Waals surface area contributed by atoms with Crippen molar-refractivity contribution in [1.82, 2.24) is 16.0 Å². The lowest BCUT2D eigenvalue weighted by Crippen LogP contribution is -2.48. The quantitative estimate of drug-likeness (QED) is 0.344. The Morgan fingerprint density at radius 1 is 1.22 bits per heavy atom. The zero-order valence-corrected chi connectivity index (χ0v) is 17.1. The van der Waals surface area contributed by atoms with Crippen molar-refractivity contribution in [3.8, 4) is 0 Å². The van der Waals surface area contributed by atoms with Crippen LogP contribution in [0.5, 0.6) is 0 Å². The second kappa shape index (κ2) is 11.4. The van der Waals surface area contributed by atoms with E-state index in [0.29, 0.717) is 19.1 Å². The van der Waals surface area contributed by atoms with Gasteiger partial charge in [0.05, 0.1) is 12.6 Å². The average molecular weight is 383 g/mol. The van der Waals surface area contributed by atoms with Gasteiger partial charge < -0.3 is 25.8 Å². The SMILES string of the molecule is CCNC(=NCC1(CCO)CCCCC1)NCC(NC(=O)OCC)C1CC1. The van der Waals surface area contributed by atoms with Crippen LogP contribution in [-0.2, 0) is 4.74 Å². The Hall–Kier alpha value is -1.50. The number of ether oxygens (including phenoxy) is 1. The molecule has 0 radical (unpaired) electrons. The van der Waals surface area contributed by atoms with Crippen LogP contribution >= 0.6 is 0 Å². The van der Waals surface area contributed by atoms with Crippen LogP contribution in [0.15, 0.2) is 4.99 Å². The molecule has 0 saturated heterocycles. The lowest BCUT2D eigenvalue weighted by molar-refractivity contribution is 0.137. The van der Waals surface area contributed by atoms with Crippen molar-refractivity contribution in [2.45, 2.75) is 71.3 Å². The van der Waals surface area contributed by atoms with E-state index in [1.165, 1.54) is 19.3 Å². The summed E-state index contributed by atoms with van der Waals surface area (Å²) < 4.78 is 5.02. The van der Waals surface area contributed by atoms with Gasteiger partial charge in [0.15, 0.2) is 5.96 Å². The number of carbonyl (C=O) groups excluding carboxylic acids is 1. The van der Waals surface area contributed by atoms with Gasteiger partial charge in [0.25, 0.3) is 0 Å². The summed E-state index contributed by atoms with van der Waals surface area (Å²) in [4.78, 5) is 16.6. The van der Waals surface area contributed by atoms with E-state index in [9.17, 15) is 9.90 Å². The van der Waals surface area contributed by atoms with E-state index in [1.54, 1.807) is 0 Å². The second-order valence-corrected chi connectivity index (χ2v) is 7.92. The van der Waals surface area contributed by atoms with E-state index < -0.39 is 0 Å². The van der Waals surface area contributed by atoms with E-state index in [1.807, 2.05) is 6.92 Å². The van der Waals surface area contributed by atoms with Gasteiger partial charge in [-0.2, -0.15) is 0 Å². The van der Waals surface area contributed by atoms with Crippen molar-refractivity contribution in [3.63, 3.8) is 0 Å². The van der Waals surface area contributed by atoms with Crippen molar-refractivity contribution in [3.05, 3.63) is 0 Å². The molecule has 1 atom stereocenters. The third-order valence-corrected chi connectivity index (χ3v) is 5.73. The van der Waals surface area contributed by atoms with E-state index >= 15 is 0 Å². The summed E-state index contributed by atoms with van der Waals surface area (Å²) in [6.07, 6.45) is 8.81. The van der Waals surface area contributed by atoms with Gasteiger partial charge >= 0.3 is 6.09 Å². The Kier molecular flexibility index (Phi) is 9.18. The van der Waals surface area contributed by atoms with Gasteiger partial charge in [-0.15, -0.1) is 0 Å². The van der Waals surface area contributed by atoms with Gasteiger partial charge in [-0.3, -0.25) is 4.99 Å². The number of hydrogen-bond donors (Lipinski definition) is 4. The number of aliphatic imine (C=N–C) groups is 1. The van der Waals surface area contributed by atoms with Crippen LogP contribution in [-0.4, -0.2) is 56.0 Å². The molecule has 27 heavy (non-hydrogen) atoms. The average Bonchev–Trinajstić information content (AvgIpc) is 3.49. The molecule has 7 heteroatoms. The number of amides is 1. The van der Waals surface area contributed by atoms with E-state index in [0.717, 1.165) is 51.2 Å². The van der Waals surface area contributed by atoms with Crippen molar-refractivity contribution in [2.24, 2.45) is 16.3 Å². The van der Waals surface area contributed by atoms with Crippen LogP contribution in [0, 0.1) is 11.3 Å². The first-order chi connectivity index (χ1) is 13.1. The molecule has 0 bridgehead atoms. The van der Waals surface area contributed by atoms with Crippen LogP contribution in [0.2, 0.25) is 0 Å². The highest BCUT2D eigenvalue weighted by molar-refractivity contribution is 5.80. The predicted octanol–water partition coefficient (Wildman–Crippen LogP) is 2.40. The fourth-order valence-corrected chi connectivity index (χ4v) is 3.98. The molecule has 7 nitrogen and oxygen atoms in total. The minimum Gasteiger partial charge on any atom is -0.450 e. The van der Waals surface area contributed by atoms with Crippen LogP contribution < -0.4 is 16.0 Å². The monoisotopic (exact) mass is 382 g/mol. The molecule has 4 N–H and O–H groups in total. The fourth-order valence-electron chi connectivity index (χ4n) is 3.98. The number of guanidine groups is 1. The van der Waals surface area contributed by atoms with E-state index in [4.69, 9.17) is 9.73 Å². The maximum absolute atomic E-state index is 11.8. The summed E-state index contributed by atoms with van der Waals surface area (Å²) >= 11 is 0. The summed E-state index contributed by atoms with van der Waals surface area (Å²) in [5.41, 5.74) is 0.133. The third kappa shape index (κ3) is 7.56. The second-order valence-electron chi connectivity index (χ2n) is 7.92. The first-order valence-electron chi connectivity index (χ1n) is 10.7. The van der Waals surface area contributed by atoms with Crippen molar-refractivity contribution in [2.75, 3.05) is 32.8 Å². The van der Waals surface area contributed by atoms with Gasteiger partial charge in [0.2, 0.25) is 0 Å². The summed E-state index contributed by atoms with van der Waals surface area (Å²) in [5.74, 6) is 1.31. The normalized spacial score (nSPS) is 20.6. The maximum atomic E-state index is 11.8. The molecule has 2 fully saturated rings.